The number of carbonyl (C=O) groups is 1. The molecule has 0 amide bonds. The summed E-state index contributed by atoms with van der Waals surface area (Å²) in [7, 11) is 0. The first kappa shape index (κ1) is 6.12. The maximum Gasteiger partial charge on any atom is 0.322 e. The quantitative estimate of drug-likeness (QED) is 0.507. The molecule has 0 radical (unpaired) electrons. The van der Waals surface area contributed by atoms with E-state index in [1.807, 2.05) is 0 Å². The zero-order chi connectivity index (χ0) is 7.14. The van der Waals surface area contributed by atoms with Crippen LogP contribution in [0.3, 0.4) is 0 Å². The number of hydrogen-bond donors (Lipinski definition) is 2. The van der Waals surface area contributed by atoms with Crippen LogP contribution < -0.4 is 5.43 Å². The van der Waals surface area contributed by atoms with Crippen LogP contribution >= 0.6 is 0 Å². The van der Waals surface area contributed by atoms with Gasteiger partial charge in [-0.05, 0) is 6.42 Å². The number of fused-ring (bicyclic) bond motifs is 2. The molecule has 0 aromatic carbocycles. The van der Waals surface area contributed by atoms with Crippen molar-refractivity contribution in [3.8, 4) is 0 Å². The van der Waals surface area contributed by atoms with Crippen molar-refractivity contribution < 1.29 is 9.90 Å². The first-order valence-electron chi connectivity index (χ1n) is 3.52. The second-order valence-electron chi connectivity index (χ2n) is 2.89. The molecule has 3 aliphatic rings. The minimum Gasteiger partial charge on any atom is -0.480 e. The highest BCUT2D eigenvalue weighted by Gasteiger charge is 2.46. The van der Waals surface area contributed by atoms with E-state index < -0.39 is 5.97 Å². The van der Waals surface area contributed by atoms with Crippen LogP contribution in [0.5, 0.6) is 0 Å². The predicted octanol–water partition coefficient (Wildman–Crippen LogP) is -0.720. The highest BCUT2D eigenvalue weighted by Crippen LogP contribution is 2.29. The Hall–Kier alpha value is -0.610. The van der Waals surface area contributed by atoms with Crippen LogP contribution in [-0.2, 0) is 4.79 Å². The average molecular weight is 142 g/mol. The normalized spacial score (nSPS) is 44.2. The fourth-order valence-corrected chi connectivity index (χ4v) is 1.72. The Balaban J connectivity index is 2.06. The van der Waals surface area contributed by atoms with Crippen LogP contribution in [0.15, 0.2) is 0 Å². The molecule has 0 aliphatic carbocycles. The molecule has 3 fully saturated rings. The molecule has 0 spiro atoms. The first-order valence-corrected chi connectivity index (χ1v) is 3.52. The lowest BCUT2D eigenvalue weighted by atomic mass is 9.85. The number of carboxylic acids is 1. The van der Waals surface area contributed by atoms with Gasteiger partial charge in [-0.15, -0.1) is 0 Å². The van der Waals surface area contributed by atoms with Crippen LogP contribution in [0.1, 0.15) is 6.42 Å². The fourth-order valence-electron chi connectivity index (χ4n) is 1.72. The summed E-state index contributed by atoms with van der Waals surface area (Å²) in [6.45, 7) is 1.85. The third-order valence-corrected chi connectivity index (χ3v) is 2.30. The molecule has 3 unspecified atom stereocenters. The summed E-state index contributed by atoms with van der Waals surface area (Å²) in [5.41, 5.74) is 3.03. The van der Waals surface area contributed by atoms with Crippen LogP contribution in [0.4, 0.5) is 0 Å². The van der Waals surface area contributed by atoms with E-state index in [4.69, 9.17) is 5.11 Å². The van der Waals surface area contributed by atoms with Crippen LogP contribution in [0, 0.1) is 5.92 Å². The van der Waals surface area contributed by atoms with E-state index in [0.717, 1.165) is 19.5 Å². The van der Waals surface area contributed by atoms with Gasteiger partial charge in [0.25, 0.3) is 0 Å². The molecule has 3 atom stereocenters. The summed E-state index contributed by atoms with van der Waals surface area (Å²) in [6, 6.07) is -0.242. The van der Waals surface area contributed by atoms with E-state index in [1.54, 1.807) is 5.01 Å². The number of aliphatic carboxylic acids is 1. The van der Waals surface area contributed by atoms with Gasteiger partial charge < -0.3 is 5.11 Å². The molecular weight excluding hydrogens is 132 g/mol. The van der Waals surface area contributed by atoms with Gasteiger partial charge in [-0.25, -0.2) is 5.01 Å². The zero-order valence-corrected chi connectivity index (χ0v) is 5.58. The van der Waals surface area contributed by atoms with Gasteiger partial charge in [-0.1, -0.05) is 0 Å². The SMILES string of the molecule is O=C(O)C1C2CCNN1C2. The Bertz CT molecular complexity index is 157. The minimum atomic E-state index is -0.691. The maximum atomic E-state index is 10.5. The van der Waals surface area contributed by atoms with E-state index >= 15 is 0 Å². The van der Waals surface area contributed by atoms with Gasteiger partial charge in [0.1, 0.15) is 6.04 Å². The molecule has 3 heterocycles. The fraction of sp³-hybridized carbons (Fsp3) is 0.833. The van der Waals surface area contributed by atoms with Crippen molar-refractivity contribution in [2.24, 2.45) is 5.92 Å². The summed E-state index contributed by atoms with van der Waals surface area (Å²) < 4.78 is 0. The number of hydrogen-bond acceptors (Lipinski definition) is 3. The number of nitrogens with zero attached hydrogens (tertiary/aromatic N) is 1. The maximum absolute atomic E-state index is 10.5. The van der Waals surface area contributed by atoms with Crippen molar-refractivity contribution in [2.75, 3.05) is 13.1 Å². The second-order valence-corrected chi connectivity index (χ2v) is 2.89. The van der Waals surface area contributed by atoms with Gasteiger partial charge in [0, 0.05) is 19.0 Å². The van der Waals surface area contributed by atoms with Gasteiger partial charge in [0.15, 0.2) is 0 Å². The summed E-state index contributed by atoms with van der Waals surface area (Å²) >= 11 is 0. The summed E-state index contributed by atoms with van der Waals surface area (Å²) in [5.74, 6) is -0.290. The van der Waals surface area contributed by atoms with E-state index in [-0.39, 0.29) is 6.04 Å². The monoisotopic (exact) mass is 142 g/mol. The number of nitrogens with one attached hydrogen (secondary N) is 1. The second kappa shape index (κ2) is 1.93. The Morgan fingerprint density at radius 3 is 2.80 bits per heavy atom. The predicted molar refractivity (Wildman–Crippen MR) is 34.2 cm³/mol. The van der Waals surface area contributed by atoms with Crippen molar-refractivity contribution in [2.45, 2.75) is 12.5 Å². The van der Waals surface area contributed by atoms with Crippen molar-refractivity contribution >= 4 is 5.97 Å². The Labute approximate surface area is 58.8 Å². The lowest BCUT2D eigenvalue weighted by molar-refractivity contribution is -0.163. The van der Waals surface area contributed by atoms with E-state index in [0.29, 0.717) is 5.92 Å². The number of rotatable bonds is 1. The van der Waals surface area contributed by atoms with Gasteiger partial charge in [-0.3, -0.25) is 10.2 Å². The van der Waals surface area contributed by atoms with Gasteiger partial charge in [0.2, 0.25) is 0 Å². The molecule has 3 rings (SSSR count). The molecule has 0 aromatic rings. The van der Waals surface area contributed by atoms with E-state index in [2.05, 4.69) is 5.43 Å². The highest BCUT2D eigenvalue weighted by molar-refractivity contribution is 5.75. The van der Waals surface area contributed by atoms with Crippen molar-refractivity contribution in [1.82, 2.24) is 10.4 Å². The summed E-state index contributed by atoms with van der Waals surface area (Å²) in [5, 5.41) is 10.5. The molecular formula is C6H10N2O2. The standard InChI is InChI=1S/C6H10N2O2/c9-6(10)5-4-1-2-7-8(5)3-4/h4-5,7H,1-3H2,(H,9,10). The molecule has 0 saturated carbocycles. The largest absolute Gasteiger partial charge is 0.480 e. The molecule has 2 bridgehead atoms. The molecule has 56 valence electrons. The Kier molecular flexibility index (Phi) is 1.18. The van der Waals surface area contributed by atoms with Gasteiger partial charge in [0.05, 0.1) is 0 Å². The average Bonchev–Trinajstić information content (AvgIpc) is 1.87. The van der Waals surface area contributed by atoms with Crippen molar-refractivity contribution in [3.05, 3.63) is 0 Å². The van der Waals surface area contributed by atoms with Gasteiger partial charge in [-0.2, -0.15) is 0 Å². The Morgan fingerprint density at radius 1 is 1.70 bits per heavy atom. The minimum absolute atomic E-state index is 0.242. The Morgan fingerprint density at radius 2 is 2.50 bits per heavy atom. The molecule has 0 aromatic heterocycles. The summed E-state index contributed by atoms with van der Waals surface area (Å²) in [6.07, 6.45) is 1.01. The zero-order valence-electron chi connectivity index (χ0n) is 5.58. The number of hydrazine groups is 1. The topological polar surface area (TPSA) is 52.6 Å². The molecule has 3 aliphatic heterocycles. The lowest BCUT2D eigenvalue weighted by Gasteiger charge is -2.50. The number of carboxylic acid groups (broad SMARTS) is 1. The third-order valence-electron chi connectivity index (χ3n) is 2.30. The highest BCUT2D eigenvalue weighted by atomic mass is 16.4. The van der Waals surface area contributed by atoms with E-state index in [1.165, 1.54) is 0 Å². The molecule has 10 heavy (non-hydrogen) atoms. The van der Waals surface area contributed by atoms with E-state index in [9.17, 15) is 4.79 Å². The molecule has 4 nitrogen and oxygen atoms in total. The first-order chi connectivity index (χ1) is 4.79. The van der Waals surface area contributed by atoms with Crippen LogP contribution in [0.25, 0.3) is 0 Å². The lowest BCUT2D eigenvalue weighted by Crippen LogP contribution is -2.69. The smallest absolute Gasteiger partial charge is 0.322 e. The molecule has 3 saturated heterocycles. The van der Waals surface area contributed by atoms with Gasteiger partial charge >= 0.3 is 5.97 Å². The van der Waals surface area contributed by atoms with Crippen LogP contribution in [-0.4, -0.2) is 35.2 Å². The third kappa shape index (κ3) is 0.660. The molecule has 4 heteroatoms. The van der Waals surface area contributed by atoms with Crippen molar-refractivity contribution in [3.63, 3.8) is 0 Å². The van der Waals surface area contributed by atoms with Crippen molar-refractivity contribution in [1.29, 1.82) is 0 Å². The summed E-state index contributed by atoms with van der Waals surface area (Å²) in [4.78, 5) is 10.5. The van der Waals surface area contributed by atoms with Crippen LogP contribution in [0.2, 0.25) is 0 Å². The molecule has 2 N–H and O–H groups in total.